The first kappa shape index (κ1) is 14.8. The van der Waals surface area contributed by atoms with E-state index in [-0.39, 0.29) is 17.9 Å². The van der Waals surface area contributed by atoms with Crippen molar-refractivity contribution in [2.75, 3.05) is 19.3 Å². The van der Waals surface area contributed by atoms with Crippen LogP contribution in [0.1, 0.15) is 55.7 Å². The van der Waals surface area contributed by atoms with Crippen molar-refractivity contribution in [3.63, 3.8) is 0 Å². The standard InChI is InChI=1S/C14H25N5O/c1-8(2)12-11(15)13(18-17-12)14(20)16-10-5-6-19(4)9(3)7-10/h8-10H,5-7,15H2,1-4H3,(H,16,20)(H,17,18). The molecule has 0 spiro atoms. The molecule has 1 saturated heterocycles. The molecule has 4 N–H and O–H groups in total. The molecule has 0 aromatic carbocycles. The second-order valence-electron chi connectivity index (χ2n) is 6.08. The lowest BCUT2D eigenvalue weighted by Gasteiger charge is -2.35. The maximum Gasteiger partial charge on any atom is 0.274 e. The summed E-state index contributed by atoms with van der Waals surface area (Å²) in [5, 5.41) is 9.98. The van der Waals surface area contributed by atoms with E-state index in [0.29, 0.717) is 17.4 Å². The lowest BCUT2D eigenvalue weighted by Crippen LogP contribution is -2.47. The van der Waals surface area contributed by atoms with Crippen molar-refractivity contribution in [2.45, 2.75) is 51.6 Å². The SMILES string of the molecule is CC(C)c1[nH]nc(C(=O)NC2CCN(C)C(C)C2)c1N. The van der Waals surface area contributed by atoms with Gasteiger partial charge in [0.2, 0.25) is 0 Å². The smallest absolute Gasteiger partial charge is 0.274 e. The number of rotatable bonds is 3. The van der Waals surface area contributed by atoms with E-state index in [9.17, 15) is 4.79 Å². The van der Waals surface area contributed by atoms with Crippen molar-refractivity contribution in [3.05, 3.63) is 11.4 Å². The van der Waals surface area contributed by atoms with E-state index >= 15 is 0 Å². The van der Waals surface area contributed by atoms with Gasteiger partial charge in [-0.15, -0.1) is 0 Å². The Hall–Kier alpha value is -1.56. The van der Waals surface area contributed by atoms with Gasteiger partial charge in [0, 0.05) is 18.6 Å². The van der Waals surface area contributed by atoms with Crippen molar-refractivity contribution in [3.8, 4) is 0 Å². The van der Waals surface area contributed by atoms with Crippen molar-refractivity contribution >= 4 is 11.6 Å². The molecule has 1 aromatic heterocycles. The minimum atomic E-state index is -0.174. The van der Waals surface area contributed by atoms with E-state index < -0.39 is 0 Å². The van der Waals surface area contributed by atoms with Crippen LogP contribution in [-0.2, 0) is 0 Å². The Morgan fingerprint density at radius 1 is 1.55 bits per heavy atom. The minimum absolute atomic E-state index is 0.174. The number of hydrogen-bond acceptors (Lipinski definition) is 4. The van der Waals surface area contributed by atoms with Gasteiger partial charge in [0.25, 0.3) is 5.91 Å². The molecule has 20 heavy (non-hydrogen) atoms. The van der Waals surface area contributed by atoms with Crippen molar-refractivity contribution in [1.29, 1.82) is 0 Å². The number of nitrogens with two attached hydrogens (primary N) is 1. The monoisotopic (exact) mass is 279 g/mol. The number of hydrogen-bond donors (Lipinski definition) is 3. The van der Waals surface area contributed by atoms with E-state index in [4.69, 9.17) is 5.73 Å². The first-order chi connectivity index (χ1) is 9.40. The third-order valence-corrected chi connectivity index (χ3v) is 4.17. The predicted octanol–water partition coefficient (Wildman–Crippen LogP) is 1.33. The Labute approximate surface area is 120 Å². The highest BCUT2D eigenvalue weighted by Crippen LogP contribution is 2.22. The van der Waals surface area contributed by atoms with Crippen molar-refractivity contribution < 1.29 is 4.79 Å². The van der Waals surface area contributed by atoms with E-state index in [1.54, 1.807) is 0 Å². The van der Waals surface area contributed by atoms with Gasteiger partial charge >= 0.3 is 0 Å². The van der Waals surface area contributed by atoms with E-state index in [1.165, 1.54) is 0 Å². The van der Waals surface area contributed by atoms with Gasteiger partial charge in [-0.3, -0.25) is 9.89 Å². The molecule has 1 fully saturated rings. The zero-order valence-corrected chi connectivity index (χ0v) is 12.7. The highest BCUT2D eigenvalue weighted by Gasteiger charge is 2.26. The highest BCUT2D eigenvalue weighted by atomic mass is 16.2. The third-order valence-electron chi connectivity index (χ3n) is 4.17. The van der Waals surface area contributed by atoms with Crippen LogP contribution in [0.5, 0.6) is 0 Å². The lowest BCUT2D eigenvalue weighted by atomic mass is 9.99. The molecule has 2 heterocycles. The van der Waals surface area contributed by atoms with Crippen LogP contribution in [0.25, 0.3) is 0 Å². The highest BCUT2D eigenvalue weighted by molar-refractivity contribution is 5.97. The second kappa shape index (κ2) is 5.83. The molecule has 6 nitrogen and oxygen atoms in total. The summed E-state index contributed by atoms with van der Waals surface area (Å²) >= 11 is 0. The number of amides is 1. The molecule has 1 amide bonds. The largest absolute Gasteiger partial charge is 0.395 e. The molecule has 2 unspecified atom stereocenters. The van der Waals surface area contributed by atoms with Crippen LogP contribution in [0, 0.1) is 0 Å². The van der Waals surface area contributed by atoms with Gasteiger partial charge in [0.05, 0.1) is 11.4 Å². The van der Waals surface area contributed by atoms with Crippen LogP contribution in [0.2, 0.25) is 0 Å². The fraction of sp³-hybridized carbons (Fsp3) is 0.714. The summed E-state index contributed by atoms with van der Waals surface area (Å²) in [4.78, 5) is 14.6. The maximum atomic E-state index is 12.3. The molecular weight excluding hydrogens is 254 g/mol. The molecule has 1 aromatic rings. The summed E-state index contributed by atoms with van der Waals surface area (Å²) in [6.07, 6.45) is 1.93. The van der Waals surface area contributed by atoms with Gasteiger partial charge in [-0.2, -0.15) is 5.10 Å². The van der Waals surface area contributed by atoms with Gasteiger partial charge in [-0.1, -0.05) is 13.8 Å². The number of nitrogens with zero attached hydrogens (tertiary/aromatic N) is 2. The number of anilines is 1. The predicted molar refractivity (Wildman–Crippen MR) is 79.7 cm³/mol. The number of nitrogen functional groups attached to an aromatic ring is 1. The summed E-state index contributed by atoms with van der Waals surface area (Å²) in [5.74, 6) is 0.0554. The summed E-state index contributed by atoms with van der Waals surface area (Å²) in [6, 6.07) is 0.684. The molecule has 0 bridgehead atoms. The molecule has 0 aliphatic carbocycles. The Bertz CT molecular complexity index is 482. The Morgan fingerprint density at radius 3 is 2.80 bits per heavy atom. The molecule has 1 aliphatic heterocycles. The van der Waals surface area contributed by atoms with Crippen LogP contribution in [0.3, 0.4) is 0 Å². The Morgan fingerprint density at radius 2 is 2.25 bits per heavy atom. The van der Waals surface area contributed by atoms with E-state index in [0.717, 1.165) is 25.1 Å². The van der Waals surface area contributed by atoms with Crippen LogP contribution in [-0.4, -0.2) is 46.7 Å². The molecular formula is C14H25N5O. The van der Waals surface area contributed by atoms with Gasteiger partial charge in [-0.05, 0) is 32.7 Å². The number of aromatic amines is 1. The normalized spacial score (nSPS) is 24.1. The number of piperidine rings is 1. The van der Waals surface area contributed by atoms with Crippen LogP contribution < -0.4 is 11.1 Å². The topological polar surface area (TPSA) is 87.0 Å². The Balaban J connectivity index is 2.02. The molecule has 2 rings (SSSR count). The summed E-state index contributed by atoms with van der Waals surface area (Å²) in [5.41, 5.74) is 7.61. The molecule has 6 heteroatoms. The van der Waals surface area contributed by atoms with Crippen molar-refractivity contribution in [1.82, 2.24) is 20.4 Å². The first-order valence-electron chi connectivity index (χ1n) is 7.25. The van der Waals surface area contributed by atoms with Crippen molar-refractivity contribution in [2.24, 2.45) is 0 Å². The quantitative estimate of drug-likeness (QED) is 0.779. The second-order valence-corrected chi connectivity index (χ2v) is 6.08. The fourth-order valence-electron chi connectivity index (χ4n) is 2.65. The summed E-state index contributed by atoms with van der Waals surface area (Å²) < 4.78 is 0. The van der Waals surface area contributed by atoms with E-state index in [2.05, 4.69) is 34.4 Å². The fourth-order valence-corrected chi connectivity index (χ4v) is 2.65. The van der Waals surface area contributed by atoms with Gasteiger partial charge in [0.15, 0.2) is 5.69 Å². The number of nitrogens with one attached hydrogen (secondary N) is 2. The molecule has 0 radical (unpaired) electrons. The third kappa shape index (κ3) is 2.95. The average molecular weight is 279 g/mol. The summed E-state index contributed by atoms with van der Waals surface area (Å²) in [7, 11) is 2.11. The summed E-state index contributed by atoms with van der Waals surface area (Å²) in [6.45, 7) is 7.21. The Kier molecular flexibility index (Phi) is 4.32. The molecule has 112 valence electrons. The zero-order chi connectivity index (χ0) is 14.9. The van der Waals surface area contributed by atoms with Gasteiger partial charge < -0.3 is 16.0 Å². The zero-order valence-electron chi connectivity index (χ0n) is 12.7. The van der Waals surface area contributed by atoms with E-state index in [1.807, 2.05) is 13.8 Å². The maximum absolute atomic E-state index is 12.3. The van der Waals surface area contributed by atoms with Crippen LogP contribution in [0.4, 0.5) is 5.69 Å². The minimum Gasteiger partial charge on any atom is -0.395 e. The molecule has 0 saturated carbocycles. The number of aromatic nitrogens is 2. The number of carbonyl (C=O) groups is 1. The van der Waals surface area contributed by atoms with Crippen LogP contribution in [0.15, 0.2) is 0 Å². The van der Waals surface area contributed by atoms with Gasteiger partial charge in [0.1, 0.15) is 0 Å². The molecule has 1 aliphatic rings. The number of likely N-dealkylation sites (tertiary alicyclic amines) is 1. The average Bonchev–Trinajstić information content (AvgIpc) is 2.76. The van der Waals surface area contributed by atoms with Gasteiger partial charge in [-0.25, -0.2) is 0 Å². The number of carbonyl (C=O) groups excluding carboxylic acids is 1. The van der Waals surface area contributed by atoms with Crippen LogP contribution >= 0.6 is 0 Å². The first-order valence-corrected chi connectivity index (χ1v) is 7.25. The molecule has 2 atom stereocenters. The lowest BCUT2D eigenvalue weighted by molar-refractivity contribution is 0.0892. The number of H-pyrrole nitrogens is 1.